The molecule has 3 rings (SSSR count). The van der Waals surface area contributed by atoms with Gasteiger partial charge in [0, 0.05) is 24.7 Å². The second kappa shape index (κ2) is 5.05. The van der Waals surface area contributed by atoms with Gasteiger partial charge < -0.3 is 16.0 Å². The molecule has 0 spiro atoms. The molecule has 1 saturated heterocycles. The molecule has 0 bridgehead atoms. The van der Waals surface area contributed by atoms with E-state index in [1.165, 1.54) is 55.9 Å². The first-order chi connectivity index (χ1) is 8.78. The molecular weight excluding hydrogens is 244 g/mol. The van der Waals surface area contributed by atoms with Crippen molar-refractivity contribution in [3.63, 3.8) is 0 Å². The molecule has 5 heteroatoms. The van der Waals surface area contributed by atoms with E-state index >= 15 is 0 Å². The standard InChI is InChI=1S/C13H22N4S/c1-2-17-7-5-10(6-8-17)15-13-11(9-3-4-9)12(14)16-18-13/h9-10,15H,2-8H2,1H3,(H2,14,16). The van der Waals surface area contributed by atoms with Gasteiger partial charge in [-0.25, -0.2) is 0 Å². The molecule has 3 N–H and O–H groups in total. The number of hydrogen-bond acceptors (Lipinski definition) is 5. The Morgan fingerprint density at radius 2 is 2.06 bits per heavy atom. The lowest BCUT2D eigenvalue weighted by atomic mass is 10.0. The van der Waals surface area contributed by atoms with Gasteiger partial charge in [-0.15, -0.1) is 0 Å². The molecule has 1 aromatic heterocycles. The molecule has 0 unspecified atom stereocenters. The number of piperidine rings is 1. The lowest BCUT2D eigenvalue weighted by Gasteiger charge is -2.31. The molecule has 18 heavy (non-hydrogen) atoms. The molecule has 0 aromatic carbocycles. The number of nitrogens with two attached hydrogens (primary N) is 1. The van der Waals surface area contributed by atoms with Gasteiger partial charge in [-0.05, 0) is 49.7 Å². The Morgan fingerprint density at radius 3 is 2.67 bits per heavy atom. The summed E-state index contributed by atoms with van der Waals surface area (Å²) in [7, 11) is 0. The summed E-state index contributed by atoms with van der Waals surface area (Å²) in [6, 6.07) is 0.602. The van der Waals surface area contributed by atoms with E-state index in [2.05, 4.69) is 21.5 Å². The quantitative estimate of drug-likeness (QED) is 0.879. The Balaban J connectivity index is 1.63. The maximum absolute atomic E-state index is 5.98. The van der Waals surface area contributed by atoms with Gasteiger partial charge in [0.25, 0.3) is 0 Å². The predicted molar refractivity (Wildman–Crippen MR) is 77.3 cm³/mol. The predicted octanol–water partition coefficient (Wildman–Crippen LogP) is 2.50. The number of anilines is 2. The van der Waals surface area contributed by atoms with Crippen LogP contribution in [0.15, 0.2) is 0 Å². The average molecular weight is 266 g/mol. The van der Waals surface area contributed by atoms with Crippen LogP contribution < -0.4 is 11.1 Å². The highest BCUT2D eigenvalue weighted by Crippen LogP contribution is 2.47. The fourth-order valence-electron chi connectivity index (χ4n) is 2.76. The van der Waals surface area contributed by atoms with Crippen LogP contribution in [0.4, 0.5) is 10.8 Å². The second-order valence-corrected chi connectivity index (χ2v) is 6.21. The van der Waals surface area contributed by atoms with Crippen molar-refractivity contribution in [2.75, 3.05) is 30.7 Å². The molecule has 2 fully saturated rings. The largest absolute Gasteiger partial charge is 0.383 e. The topological polar surface area (TPSA) is 54.2 Å². The van der Waals surface area contributed by atoms with E-state index in [0.29, 0.717) is 12.0 Å². The number of likely N-dealkylation sites (tertiary alicyclic amines) is 1. The normalized spacial score (nSPS) is 22.3. The number of nitrogens with one attached hydrogen (secondary N) is 1. The first-order valence-electron chi connectivity index (χ1n) is 7.02. The molecule has 2 aliphatic rings. The Hall–Kier alpha value is -0.810. The molecule has 0 radical (unpaired) electrons. The number of hydrogen-bond donors (Lipinski definition) is 2. The maximum Gasteiger partial charge on any atom is 0.142 e. The smallest absolute Gasteiger partial charge is 0.142 e. The van der Waals surface area contributed by atoms with E-state index < -0.39 is 0 Å². The van der Waals surface area contributed by atoms with Crippen LogP contribution in [0.25, 0.3) is 0 Å². The molecule has 0 atom stereocenters. The minimum atomic E-state index is 0.602. The Morgan fingerprint density at radius 1 is 1.33 bits per heavy atom. The zero-order chi connectivity index (χ0) is 12.5. The Kier molecular flexibility index (Phi) is 3.43. The van der Waals surface area contributed by atoms with Crippen molar-refractivity contribution in [1.82, 2.24) is 9.27 Å². The highest BCUT2D eigenvalue weighted by molar-refractivity contribution is 7.10. The van der Waals surface area contributed by atoms with Crippen LogP contribution in [-0.4, -0.2) is 34.9 Å². The van der Waals surface area contributed by atoms with Crippen molar-refractivity contribution in [1.29, 1.82) is 0 Å². The summed E-state index contributed by atoms with van der Waals surface area (Å²) < 4.78 is 4.32. The van der Waals surface area contributed by atoms with Crippen LogP contribution in [0, 0.1) is 0 Å². The average Bonchev–Trinajstić information content (AvgIpc) is 3.16. The SMILES string of the molecule is CCN1CCC(Nc2snc(N)c2C2CC2)CC1. The summed E-state index contributed by atoms with van der Waals surface area (Å²) in [6.07, 6.45) is 5.03. The zero-order valence-corrected chi connectivity index (χ0v) is 11.8. The van der Waals surface area contributed by atoms with Crippen molar-refractivity contribution in [3.05, 3.63) is 5.56 Å². The number of aromatic nitrogens is 1. The van der Waals surface area contributed by atoms with Gasteiger partial charge >= 0.3 is 0 Å². The fraction of sp³-hybridized carbons (Fsp3) is 0.769. The van der Waals surface area contributed by atoms with Gasteiger partial charge in [0.15, 0.2) is 0 Å². The lowest BCUT2D eigenvalue weighted by Crippen LogP contribution is -2.38. The summed E-state index contributed by atoms with van der Waals surface area (Å²) >= 11 is 1.54. The molecule has 1 saturated carbocycles. The summed E-state index contributed by atoms with van der Waals surface area (Å²) in [5.74, 6) is 1.44. The molecule has 100 valence electrons. The second-order valence-electron chi connectivity index (χ2n) is 5.44. The Bertz CT molecular complexity index is 405. The van der Waals surface area contributed by atoms with E-state index in [9.17, 15) is 0 Å². The van der Waals surface area contributed by atoms with Crippen LogP contribution in [0.2, 0.25) is 0 Å². The van der Waals surface area contributed by atoms with Crippen LogP contribution in [0.3, 0.4) is 0 Å². The molecule has 1 aliphatic carbocycles. The van der Waals surface area contributed by atoms with Crippen LogP contribution in [0.1, 0.15) is 44.1 Å². The van der Waals surface area contributed by atoms with Crippen LogP contribution in [0.5, 0.6) is 0 Å². The lowest BCUT2D eigenvalue weighted by molar-refractivity contribution is 0.230. The van der Waals surface area contributed by atoms with Crippen molar-refractivity contribution >= 4 is 22.4 Å². The van der Waals surface area contributed by atoms with Crippen LogP contribution >= 0.6 is 11.5 Å². The summed E-state index contributed by atoms with van der Waals surface area (Å²) in [4.78, 5) is 2.51. The van der Waals surface area contributed by atoms with Crippen LogP contribution in [-0.2, 0) is 0 Å². The van der Waals surface area contributed by atoms with Crippen molar-refractivity contribution in [2.24, 2.45) is 0 Å². The first kappa shape index (κ1) is 12.2. The van der Waals surface area contributed by atoms with Gasteiger partial charge in [0.2, 0.25) is 0 Å². The molecule has 2 heterocycles. The third kappa shape index (κ3) is 2.47. The van der Waals surface area contributed by atoms with Gasteiger partial charge in [-0.3, -0.25) is 0 Å². The number of rotatable bonds is 4. The van der Waals surface area contributed by atoms with Crippen molar-refractivity contribution in [3.8, 4) is 0 Å². The minimum Gasteiger partial charge on any atom is -0.383 e. The number of nitrogen functional groups attached to an aromatic ring is 1. The van der Waals surface area contributed by atoms with Gasteiger partial charge in [0.05, 0.1) is 0 Å². The van der Waals surface area contributed by atoms with Crippen molar-refractivity contribution < 1.29 is 0 Å². The summed E-state index contributed by atoms with van der Waals surface area (Å²) in [6.45, 7) is 5.83. The molecule has 4 nitrogen and oxygen atoms in total. The molecule has 1 aromatic rings. The minimum absolute atomic E-state index is 0.602. The van der Waals surface area contributed by atoms with E-state index in [-0.39, 0.29) is 0 Å². The molecule has 1 aliphatic heterocycles. The van der Waals surface area contributed by atoms with E-state index in [4.69, 9.17) is 5.73 Å². The summed E-state index contributed by atoms with van der Waals surface area (Å²) in [5, 5.41) is 4.93. The monoisotopic (exact) mass is 266 g/mol. The van der Waals surface area contributed by atoms with Gasteiger partial charge in [-0.1, -0.05) is 6.92 Å². The highest BCUT2D eigenvalue weighted by Gasteiger charge is 2.31. The van der Waals surface area contributed by atoms with E-state index in [0.717, 1.165) is 5.82 Å². The fourth-order valence-corrected chi connectivity index (χ4v) is 3.64. The third-order valence-corrected chi connectivity index (χ3v) is 4.92. The number of nitrogens with zero attached hydrogens (tertiary/aromatic N) is 2. The summed E-state index contributed by atoms with van der Waals surface area (Å²) in [5.41, 5.74) is 7.29. The van der Waals surface area contributed by atoms with E-state index in [1.807, 2.05) is 0 Å². The highest BCUT2D eigenvalue weighted by atomic mass is 32.1. The third-order valence-electron chi connectivity index (χ3n) is 4.11. The van der Waals surface area contributed by atoms with E-state index in [1.54, 1.807) is 11.5 Å². The maximum atomic E-state index is 5.98. The molecular formula is C13H22N4S. The van der Waals surface area contributed by atoms with Gasteiger partial charge in [-0.2, -0.15) is 4.37 Å². The Labute approximate surface area is 113 Å². The zero-order valence-electron chi connectivity index (χ0n) is 11.0. The first-order valence-corrected chi connectivity index (χ1v) is 7.79. The van der Waals surface area contributed by atoms with Gasteiger partial charge in [0.1, 0.15) is 10.8 Å². The molecule has 0 amide bonds. The van der Waals surface area contributed by atoms with Crippen molar-refractivity contribution in [2.45, 2.75) is 44.6 Å².